The predicted octanol–water partition coefficient (Wildman–Crippen LogP) is 3.00. The molecular weight excluding hydrogens is 354 g/mol. The Hall–Kier alpha value is -1.95. The first-order chi connectivity index (χ1) is 12.5. The van der Waals surface area contributed by atoms with Crippen molar-refractivity contribution in [3.05, 3.63) is 28.8 Å². The Morgan fingerprint density at radius 3 is 2.69 bits per heavy atom. The number of ether oxygens (including phenoxy) is 1. The average Bonchev–Trinajstić information content (AvgIpc) is 3.29. The van der Waals surface area contributed by atoms with Crippen molar-refractivity contribution in [2.45, 2.75) is 31.7 Å². The Morgan fingerprint density at radius 1 is 1.23 bits per heavy atom. The van der Waals surface area contributed by atoms with E-state index in [0.717, 1.165) is 25.2 Å². The van der Waals surface area contributed by atoms with Gasteiger partial charge in [0, 0.05) is 38.3 Å². The Balaban J connectivity index is 1.52. The van der Waals surface area contributed by atoms with Gasteiger partial charge in [-0.25, -0.2) is 4.79 Å². The van der Waals surface area contributed by atoms with Crippen molar-refractivity contribution in [2.24, 2.45) is 0 Å². The van der Waals surface area contributed by atoms with Gasteiger partial charge in [0.2, 0.25) is 0 Å². The second kappa shape index (κ2) is 6.65. The third-order valence-electron chi connectivity index (χ3n) is 5.92. The fourth-order valence-corrected chi connectivity index (χ4v) is 4.58. The Labute approximate surface area is 158 Å². The molecule has 2 amide bonds. The van der Waals surface area contributed by atoms with Crippen LogP contribution >= 0.6 is 11.6 Å². The number of benzene rings is 1. The van der Waals surface area contributed by atoms with Gasteiger partial charge in [0.15, 0.2) is 0 Å². The van der Waals surface area contributed by atoms with Crippen molar-refractivity contribution in [3.8, 4) is 0 Å². The second-order valence-electron chi connectivity index (χ2n) is 7.37. The number of piperazine rings is 1. The minimum atomic E-state index is -0.399. The monoisotopic (exact) mass is 377 g/mol. The highest BCUT2D eigenvalue weighted by Gasteiger charge is 2.50. The Morgan fingerprint density at radius 2 is 2.00 bits per heavy atom. The summed E-state index contributed by atoms with van der Waals surface area (Å²) in [5.74, 6) is -0.0355. The van der Waals surface area contributed by atoms with Gasteiger partial charge in [0.05, 0.1) is 16.2 Å². The first kappa shape index (κ1) is 17.5. The van der Waals surface area contributed by atoms with E-state index in [9.17, 15) is 9.59 Å². The van der Waals surface area contributed by atoms with Crippen LogP contribution in [0.25, 0.3) is 0 Å². The van der Waals surface area contributed by atoms with Crippen LogP contribution < -0.4 is 4.90 Å². The zero-order chi connectivity index (χ0) is 18.3. The number of nitrogens with zero attached hydrogens (tertiary/aromatic N) is 3. The van der Waals surface area contributed by atoms with Gasteiger partial charge < -0.3 is 14.5 Å². The molecule has 0 saturated carbocycles. The summed E-state index contributed by atoms with van der Waals surface area (Å²) < 4.78 is 5.24. The number of halogens is 1. The smallest absolute Gasteiger partial charge is 0.410 e. The number of fused-ring (bicyclic) bond motifs is 1. The molecule has 3 aliphatic heterocycles. The van der Waals surface area contributed by atoms with E-state index in [2.05, 4.69) is 4.90 Å². The lowest BCUT2D eigenvalue weighted by Gasteiger charge is -2.44. The molecule has 3 heterocycles. The lowest BCUT2D eigenvalue weighted by Crippen LogP contribution is -2.62. The third-order valence-corrected chi connectivity index (χ3v) is 6.23. The van der Waals surface area contributed by atoms with E-state index in [0.29, 0.717) is 36.8 Å². The summed E-state index contributed by atoms with van der Waals surface area (Å²) in [6, 6.07) is 5.59. The van der Waals surface area contributed by atoms with Gasteiger partial charge in [-0.15, -0.1) is 0 Å². The van der Waals surface area contributed by atoms with Crippen LogP contribution in [0.5, 0.6) is 0 Å². The van der Waals surface area contributed by atoms with Crippen LogP contribution in [0.4, 0.5) is 10.5 Å². The largest absolute Gasteiger partial charge is 0.447 e. The molecule has 0 bridgehead atoms. The number of amides is 2. The normalized spacial score (nSPS) is 25.5. The number of rotatable bonds is 3. The average molecular weight is 378 g/mol. The van der Waals surface area contributed by atoms with Crippen molar-refractivity contribution in [3.63, 3.8) is 0 Å². The molecule has 0 N–H and O–H groups in total. The summed E-state index contributed by atoms with van der Waals surface area (Å²) in [6.45, 7) is 5.94. The fraction of sp³-hybridized carbons (Fsp3) is 0.579. The molecule has 0 aromatic heterocycles. The summed E-state index contributed by atoms with van der Waals surface area (Å²) in [5, 5.41) is 0.626. The minimum Gasteiger partial charge on any atom is -0.447 e. The van der Waals surface area contributed by atoms with Crippen LogP contribution in [0.15, 0.2) is 18.2 Å². The van der Waals surface area contributed by atoms with E-state index in [-0.39, 0.29) is 12.0 Å². The van der Waals surface area contributed by atoms with Crippen molar-refractivity contribution in [2.75, 3.05) is 44.2 Å². The first-order valence-electron chi connectivity index (χ1n) is 9.32. The second-order valence-corrected chi connectivity index (χ2v) is 7.78. The molecule has 3 fully saturated rings. The van der Waals surface area contributed by atoms with Crippen LogP contribution in [0.3, 0.4) is 0 Å². The molecule has 1 atom stereocenters. The van der Waals surface area contributed by atoms with E-state index in [4.69, 9.17) is 16.3 Å². The maximum Gasteiger partial charge on any atom is 0.410 e. The van der Waals surface area contributed by atoms with Crippen molar-refractivity contribution >= 4 is 29.3 Å². The van der Waals surface area contributed by atoms with E-state index in [1.807, 2.05) is 24.0 Å². The Bertz CT molecular complexity index is 735. The van der Waals surface area contributed by atoms with Gasteiger partial charge in [-0.05, 0) is 37.5 Å². The number of hydrogen-bond acceptors (Lipinski definition) is 4. The summed E-state index contributed by atoms with van der Waals surface area (Å²) in [4.78, 5) is 30.8. The third kappa shape index (κ3) is 2.80. The van der Waals surface area contributed by atoms with Gasteiger partial charge in [0.1, 0.15) is 6.61 Å². The molecule has 1 aromatic carbocycles. The maximum absolute atomic E-state index is 13.0. The molecule has 26 heavy (non-hydrogen) atoms. The number of hydrogen-bond donors (Lipinski definition) is 0. The summed E-state index contributed by atoms with van der Waals surface area (Å²) in [6.07, 6.45) is 2.86. The molecule has 7 heteroatoms. The van der Waals surface area contributed by atoms with Gasteiger partial charge in [-0.1, -0.05) is 18.5 Å². The summed E-state index contributed by atoms with van der Waals surface area (Å²) >= 11 is 6.47. The molecule has 4 rings (SSSR count). The van der Waals surface area contributed by atoms with Crippen LogP contribution in [-0.4, -0.2) is 66.7 Å². The van der Waals surface area contributed by atoms with E-state index in [1.165, 1.54) is 12.8 Å². The van der Waals surface area contributed by atoms with Gasteiger partial charge in [-0.2, -0.15) is 0 Å². The van der Waals surface area contributed by atoms with Crippen LogP contribution in [0.1, 0.15) is 36.5 Å². The van der Waals surface area contributed by atoms with Crippen LogP contribution in [0, 0.1) is 0 Å². The Kier molecular flexibility index (Phi) is 4.47. The highest BCUT2D eigenvalue weighted by atomic mass is 35.5. The predicted molar refractivity (Wildman–Crippen MR) is 99.9 cm³/mol. The van der Waals surface area contributed by atoms with Gasteiger partial charge >= 0.3 is 6.09 Å². The number of cyclic esters (lactones) is 1. The SMILES string of the molecule is CCC12COC(=O)N1CCN(C(=O)c1ccc(N3CCCC3)c(Cl)c1)C2. The molecule has 6 nitrogen and oxygen atoms in total. The highest BCUT2D eigenvalue weighted by Crippen LogP contribution is 2.33. The van der Waals surface area contributed by atoms with Crippen LogP contribution in [0.2, 0.25) is 5.02 Å². The zero-order valence-electron chi connectivity index (χ0n) is 15.0. The van der Waals surface area contributed by atoms with Crippen molar-refractivity contribution in [1.29, 1.82) is 0 Å². The number of anilines is 1. The molecule has 1 unspecified atom stereocenters. The van der Waals surface area contributed by atoms with Crippen LogP contribution in [-0.2, 0) is 4.74 Å². The van der Waals surface area contributed by atoms with E-state index < -0.39 is 5.54 Å². The molecule has 140 valence electrons. The van der Waals surface area contributed by atoms with Gasteiger partial charge in [0.25, 0.3) is 5.91 Å². The minimum absolute atomic E-state index is 0.0355. The molecule has 3 saturated heterocycles. The molecule has 0 aliphatic carbocycles. The standard InChI is InChI=1S/C19H24ClN3O3/c1-2-19-12-22(9-10-23(19)18(25)26-13-19)17(24)14-5-6-16(15(20)11-14)21-7-3-4-8-21/h5-6,11H,2-4,7-10,12-13H2,1H3. The first-order valence-corrected chi connectivity index (χ1v) is 9.70. The summed E-state index contributed by atoms with van der Waals surface area (Å²) in [7, 11) is 0. The lowest BCUT2D eigenvalue weighted by molar-refractivity contribution is 0.0362. The maximum atomic E-state index is 13.0. The topological polar surface area (TPSA) is 53.1 Å². The molecule has 0 radical (unpaired) electrons. The summed E-state index contributed by atoms with van der Waals surface area (Å²) in [5.41, 5.74) is 1.21. The molecule has 1 aromatic rings. The zero-order valence-corrected chi connectivity index (χ0v) is 15.8. The fourth-order valence-electron chi connectivity index (χ4n) is 4.28. The lowest BCUT2D eigenvalue weighted by atomic mass is 9.92. The number of carbonyl (C=O) groups is 2. The van der Waals surface area contributed by atoms with Crippen molar-refractivity contribution in [1.82, 2.24) is 9.80 Å². The van der Waals surface area contributed by atoms with Crippen molar-refractivity contribution < 1.29 is 14.3 Å². The van der Waals surface area contributed by atoms with Gasteiger partial charge in [-0.3, -0.25) is 9.69 Å². The number of carbonyl (C=O) groups excluding carboxylic acids is 2. The van der Waals surface area contributed by atoms with E-state index >= 15 is 0 Å². The molecular formula is C19H24ClN3O3. The molecule has 0 spiro atoms. The highest BCUT2D eigenvalue weighted by molar-refractivity contribution is 6.33. The van der Waals surface area contributed by atoms with E-state index in [1.54, 1.807) is 11.0 Å². The quantitative estimate of drug-likeness (QED) is 0.812. The molecule has 3 aliphatic rings.